The summed E-state index contributed by atoms with van der Waals surface area (Å²) in [5, 5.41) is 0. The zero-order valence-corrected chi connectivity index (χ0v) is 18.2. The SMILES string of the molecule is CCO[C](=[Cr])C=C(N=C(c1ccccc1)C1CC1)C1CC1.[C-]#[O+].[C-]#[O+].[C-]#[O+].[C-]#[O+].[C-]#[O+]. The normalized spacial score (nSPS) is 13.6. The van der Waals surface area contributed by atoms with E-state index in [0.717, 1.165) is 4.57 Å². The second-order valence-corrected chi connectivity index (χ2v) is 6.36. The standard InChI is InChI=1S/C18H21NO.5CO.Cr/c1-2-20-13-12-17(14-8-9-14)19-18(16-10-11-16)15-6-4-3-5-7-15;5*1-2;/h3-7,12,14,16H,2,8-11H2,1H3;;;;;;. The molecule has 2 aliphatic rings. The fourth-order valence-corrected chi connectivity index (χ4v) is 2.79. The molecule has 160 valence electrons. The minimum atomic E-state index is 0.617. The first-order valence-electron chi connectivity index (χ1n) is 8.82. The first-order chi connectivity index (χ1) is 15.3. The van der Waals surface area contributed by atoms with E-state index >= 15 is 0 Å². The molecule has 0 bridgehead atoms. The Morgan fingerprint density at radius 3 is 1.74 bits per heavy atom. The predicted molar refractivity (Wildman–Crippen MR) is 103 cm³/mol. The van der Waals surface area contributed by atoms with Crippen LogP contribution in [0.25, 0.3) is 0 Å². The van der Waals surface area contributed by atoms with E-state index in [9.17, 15) is 0 Å². The fraction of sp³-hybridized carbons (Fsp3) is 0.348. The van der Waals surface area contributed by atoms with Gasteiger partial charge < -0.3 is 0 Å². The van der Waals surface area contributed by atoms with Crippen molar-refractivity contribution < 1.29 is 43.8 Å². The van der Waals surface area contributed by atoms with Crippen molar-refractivity contribution in [2.45, 2.75) is 32.6 Å². The molecule has 0 N–H and O–H groups in total. The van der Waals surface area contributed by atoms with Gasteiger partial charge in [-0.3, -0.25) is 0 Å². The van der Waals surface area contributed by atoms with Gasteiger partial charge in [0.1, 0.15) is 0 Å². The quantitative estimate of drug-likeness (QED) is 0.345. The zero-order valence-electron chi connectivity index (χ0n) is 17.0. The predicted octanol–water partition coefficient (Wildman–Crippen LogP) is 3.71. The van der Waals surface area contributed by atoms with Gasteiger partial charge in [-0.25, -0.2) is 0 Å². The number of allylic oxidation sites excluding steroid dienone is 1. The third-order valence-electron chi connectivity index (χ3n) is 3.83. The van der Waals surface area contributed by atoms with E-state index in [1.807, 2.05) is 6.92 Å². The molecule has 0 atom stereocenters. The Morgan fingerprint density at radius 1 is 0.903 bits per heavy atom. The summed E-state index contributed by atoms with van der Waals surface area (Å²) in [7, 11) is 0. The van der Waals surface area contributed by atoms with E-state index in [-0.39, 0.29) is 0 Å². The monoisotopic (exact) mass is 459 g/mol. The molecular formula is C23H21CrNO6. The van der Waals surface area contributed by atoms with Crippen LogP contribution in [0.2, 0.25) is 0 Å². The van der Waals surface area contributed by atoms with Crippen LogP contribution in [0, 0.1) is 45.1 Å². The first kappa shape index (κ1) is 33.3. The number of aliphatic imine (C=N–C) groups is 1. The van der Waals surface area contributed by atoms with Crippen molar-refractivity contribution >= 4 is 10.3 Å². The van der Waals surface area contributed by atoms with Crippen molar-refractivity contribution in [1.29, 1.82) is 0 Å². The number of ether oxygens (including phenoxy) is 1. The summed E-state index contributed by atoms with van der Waals surface area (Å²) in [6.07, 6.45) is 7.13. The van der Waals surface area contributed by atoms with Crippen LogP contribution in [-0.4, -0.2) is 16.9 Å². The number of nitrogens with zero attached hydrogens (tertiary/aromatic N) is 1. The number of benzene rings is 1. The third-order valence-corrected chi connectivity index (χ3v) is 4.20. The van der Waals surface area contributed by atoms with Gasteiger partial charge >= 0.3 is 191 Å². The summed E-state index contributed by atoms with van der Waals surface area (Å²) in [6.45, 7) is 25.2. The van der Waals surface area contributed by atoms with Crippen LogP contribution in [0.15, 0.2) is 47.1 Å². The Morgan fingerprint density at radius 2 is 1.35 bits per heavy atom. The molecule has 2 fully saturated rings. The zero-order chi connectivity index (χ0) is 24.7. The minimum absolute atomic E-state index is 0.617. The van der Waals surface area contributed by atoms with Gasteiger partial charge in [-0.1, -0.05) is 0 Å². The number of rotatable bonds is 7. The molecule has 0 saturated heterocycles. The average molecular weight is 459 g/mol. The van der Waals surface area contributed by atoms with E-state index in [4.69, 9.17) is 33.0 Å². The molecule has 0 aliphatic heterocycles. The van der Waals surface area contributed by atoms with Gasteiger partial charge in [0.05, 0.1) is 0 Å². The summed E-state index contributed by atoms with van der Waals surface area (Å²) in [4.78, 5) is 5.05. The topological polar surface area (TPSA) is 121 Å². The molecule has 2 saturated carbocycles. The second kappa shape index (κ2) is 24.0. The third kappa shape index (κ3) is 15.2. The fourth-order valence-electron chi connectivity index (χ4n) is 2.42. The summed E-state index contributed by atoms with van der Waals surface area (Å²) in [6, 6.07) is 10.6. The number of hydrogen-bond acceptors (Lipinski definition) is 2. The van der Waals surface area contributed by atoms with Gasteiger partial charge in [-0.05, 0) is 0 Å². The van der Waals surface area contributed by atoms with Gasteiger partial charge in [0.2, 0.25) is 0 Å². The molecule has 0 spiro atoms. The van der Waals surface area contributed by atoms with E-state index in [2.05, 4.69) is 85.5 Å². The Hall–Kier alpha value is -2.31. The van der Waals surface area contributed by atoms with Crippen molar-refractivity contribution in [2.24, 2.45) is 16.8 Å². The van der Waals surface area contributed by atoms with E-state index in [1.165, 1.54) is 42.7 Å². The molecule has 0 aromatic heterocycles. The molecule has 0 heterocycles. The van der Waals surface area contributed by atoms with Gasteiger partial charge in [0.15, 0.2) is 0 Å². The van der Waals surface area contributed by atoms with E-state index in [0.29, 0.717) is 18.4 Å². The van der Waals surface area contributed by atoms with Crippen molar-refractivity contribution in [3.63, 3.8) is 0 Å². The molecule has 1 aromatic rings. The van der Waals surface area contributed by atoms with Gasteiger partial charge in [0.25, 0.3) is 0 Å². The van der Waals surface area contributed by atoms with Gasteiger partial charge in [0, 0.05) is 0 Å². The Kier molecular flexibility index (Phi) is 25.8. The van der Waals surface area contributed by atoms with Crippen LogP contribution in [0.3, 0.4) is 0 Å². The molecule has 0 radical (unpaired) electrons. The summed E-state index contributed by atoms with van der Waals surface area (Å²) < 4.78 is 43.9. The van der Waals surface area contributed by atoms with Crippen LogP contribution >= 0.6 is 0 Å². The molecule has 2 aliphatic carbocycles. The molecule has 8 heteroatoms. The van der Waals surface area contributed by atoms with E-state index < -0.39 is 0 Å². The first-order valence-corrected chi connectivity index (χ1v) is 9.46. The maximum atomic E-state index is 7.50. The van der Waals surface area contributed by atoms with Crippen molar-refractivity contribution in [3.8, 4) is 0 Å². The van der Waals surface area contributed by atoms with Crippen LogP contribution in [-0.2, 0) is 43.8 Å². The van der Waals surface area contributed by atoms with Crippen LogP contribution in [0.5, 0.6) is 0 Å². The molecule has 1 aromatic carbocycles. The average Bonchev–Trinajstić information content (AvgIpc) is 3.78. The Balaban J connectivity index is -0.000000692. The summed E-state index contributed by atoms with van der Waals surface area (Å²) >= 11 is 3.00. The molecule has 0 amide bonds. The molecule has 31 heavy (non-hydrogen) atoms. The summed E-state index contributed by atoms with van der Waals surface area (Å²) in [5.41, 5.74) is 3.71. The van der Waals surface area contributed by atoms with Crippen LogP contribution < -0.4 is 0 Å². The Bertz CT molecular complexity index is 747. The molecule has 0 unspecified atom stereocenters. The van der Waals surface area contributed by atoms with E-state index in [1.54, 1.807) is 0 Å². The molecule has 7 nitrogen and oxygen atoms in total. The maximum absolute atomic E-state index is 7.50. The second-order valence-electron chi connectivity index (χ2n) is 5.73. The van der Waals surface area contributed by atoms with Gasteiger partial charge in [-0.2, -0.15) is 0 Å². The number of hydrogen-bond donors (Lipinski definition) is 0. The Labute approximate surface area is 191 Å². The van der Waals surface area contributed by atoms with Crippen LogP contribution in [0.1, 0.15) is 38.2 Å². The van der Waals surface area contributed by atoms with Crippen LogP contribution in [0.4, 0.5) is 0 Å². The molecule has 3 rings (SSSR count). The van der Waals surface area contributed by atoms with Crippen molar-refractivity contribution in [3.05, 3.63) is 80.9 Å². The van der Waals surface area contributed by atoms with Crippen molar-refractivity contribution in [2.75, 3.05) is 6.61 Å². The molecular weight excluding hydrogens is 438 g/mol. The van der Waals surface area contributed by atoms with Gasteiger partial charge in [-0.15, -0.1) is 0 Å². The summed E-state index contributed by atoms with van der Waals surface area (Å²) in [5.74, 6) is 1.26. The van der Waals surface area contributed by atoms with Crippen molar-refractivity contribution in [1.82, 2.24) is 0 Å².